The summed E-state index contributed by atoms with van der Waals surface area (Å²) in [6, 6.07) is 10.1. The summed E-state index contributed by atoms with van der Waals surface area (Å²) in [6.07, 6.45) is 0. The molecule has 3 rings (SSSR count). The average Bonchev–Trinajstić information content (AvgIpc) is 2.63. The van der Waals surface area contributed by atoms with E-state index >= 15 is 0 Å². The minimum Gasteiger partial charge on any atom is -0.459 e. The van der Waals surface area contributed by atoms with E-state index in [0.29, 0.717) is 10.0 Å². The van der Waals surface area contributed by atoms with Gasteiger partial charge >= 0.3 is 5.97 Å². The number of halogens is 1. The van der Waals surface area contributed by atoms with Crippen molar-refractivity contribution in [2.24, 2.45) is 0 Å². The van der Waals surface area contributed by atoms with Crippen LogP contribution in [0.15, 0.2) is 39.6 Å². The molecule has 7 nitrogen and oxygen atoms in total. The molecule has 0 aliphatic carbocycles. The molecule has 1 N–H and O–H groups in total. The number of nitrogens with zero attached hydrogens (tertiary/aromatic N) is 2. The second kappa shape index (κ2) is 6.91. The topological polar surface area (TPSA) is 101 Å². The first kappa shape index (κ1) is 16.9. The Morgan fingerprint density at radius 1 is 1.32 bits per heavy atom. The number of hydrogen-bond acceptors (Lipinski definition) is 5. The number of esters is 1. The molecule has 1 aliphatic heterocycles. The van der Waals surface area contributed by atoms with Gasteiger partial charge in [0.1, 0.15) is 17.9 Å². The molecule has 1 aliphatic rings. The fourth-order valence-electron chi connectivity index (χ4n) is 2.49. The van der Waals surface area contributed by atoms with E-state index in [2.05, 4.69) is 21.2 Å². The molecule has 2 aromatic rings. The van der Waals surface area contributed by atoms with Crippen molar-refractivity contribution in [3.8, 4) is 6.07 Å². The summed E-state index contributed by atoms with van der Waals surface area (Å²) < 4.78 is 6.49. The predicted molar refractivity (Wildman–Crippen MR) is 91.0 cm³/mol. The van der Waals surface area contributed by atoms with E-state index < -0.39 is 17.4 Å². The monoisotopic (exact) mass is 401 g/mol. The number of aromatic nitrogens is 1. The largest absolute Gasteiger partial charge is 0.459 e. The lowest BCUT2D eigenvalue weighted by molar-refractivity contribution is 0.0413. The number of rotatable bonds is 3. The van der Waals surface area contributed by atoms with Crippen LogP contribution in [0.1, 0.15) is 32.0 Å². The van der Waals surface area contributed by atoms with Crippen LogP contribution in [0.2, 0.25) is 0 Å². The summed E-state index contributed by atoms with van der Waals surface area (Å²) in [5.41, 5.74) is 0.845. The van der Waals surface area contributed by atoms with Crippen molar-refractivity contribution in [1.29, 1.82) is 5.26 Å². The number of amides is 1. The van der Waals surface area contributed by atoms with Gasteiger partial charge in [0.05, 0.1) is 18.2 Å². The Bertz CT molecular complexity index is 958. The molecule has 0 fully saturated rings. The van der Waals surface area contributed by atoms with E-state index in [-0.39, 0.29) is 31.0 Å². The van der Waals surface area contributed by atoms with Crippen molar-refractivity contribution in [2.45, 2.75) is 13.1 Å². The Kier molecular flexibility index (Phi) is 4.67. The number of carbonyl (C=O) groups is 2. The van der Waals surface area contributed by atoms with Crippen LogP contribution < -0.4 is 10.9 Å². The number of nitrogens with one attached hydrogen (secondary N) is 1. The molecule has 1 aromatic heterocycles. The number of nitriles is 1. The number of ether oxygens (including phenoxy) is 1. The number of fused-ring (bicyclic) bond motifs is 1. The highest BCUT2D eigenvalue weighted by molar-refractivity contribution is 9.10. The minimum absolute atomic E-state index is 0.0565. The van der Waals surface area contributed by atoms with E-state index in [1.54, 1.807) is 24.3 Å². The number of pyridine rings is 1. The van der Waals surface area contributed by atoms with Gasteiger partial charge in [0.25, 0.3) is 11.5 Å². The van der Waals surface area contributed by atoms with Crippen LogP contribution in [0.3, 0.4) is 0 Å². The van der Waals surface area contributed by atoms with Crippen LogP contribution in [0.5, 0.6) is 0 Å². The molecule has 0 saturated heterocycles. The van der Waals surface area contributed by atoms with Gasteiger partial charge in [0.2, 0.25) is 0 Å². The molecule has 1 aromatic carbocycles. The standard InChI is InChI=1S/C17H12BrN3O4/c18-13-7-12(16(23)21-5-6-25-17(24)14(13)21)15(22)20-9-11-3-1-10(8-19)2-4-11/h1-4,7H,5-6,9H2,(H,20,22). The SMILES string of the molecule is N#Cc1ccc(CNC(=O)c2cc(Br)c3n(c2=O)CCOC3=O)cc1. The van der Waals surface area contributed by atoms with Gasteiger partial charge in [-0.3, -0.25) is 14.2 Å². The van der Waals surface area contributed by atoms with Crippen LogP contribution in [0.4, 0.5) is 0 Å². The zero-order chi connectivity index (χ0) is 18.0. The minimum atomic E-state index is -0.597. The Labute approximate surface area is 151 Å². The van der Waals surface area contributed by atoms with Crippen LogP contribution >= 0.6 is 15.9 Å². The van der Waals surface area contributed by atoms with E-state index in [9.17, 15) is 14.4 Å². The number of benzene rings is 1. The van der Waals surface area contributed by atoms with Crippen LogP contribution in [0.25, 0.3) is 0 Å². The van der Waals surface area contributed by atoms with Crippen molar-refractivity contribution >= 4 is 27.8 Å². The second-order valence-electron chi connectivity index (χ2n) is 5.34. The molecule has 0 bridgehead atoms. The maximum Gasteiger partial charge on any atom is 0.356 e. The molecule has 0 radical (unpaired) electrons. The first-order valence-corrected chi connectivity index (χ1v) is 8.18. The molecule has 0 spiro atoms. The van der Waals surface area contributed by atoms with E-state index in [4.69, 9.17) is 10.00 Å². The number of cyclic esters (lactones) is 1. The highest BCUT2D eigenvalue weighted by atomic mass is 79.9. The van der Waals surface area contributed by atoms with Gasteiger partial charge in [0.15, 0.2) is 0 Å². The van der Waals surface area contributed by atoms with Gasteiger partial charge in [-0.1, -0.05) is 12.1 Å². The molecule has 0 atom stereocenters. The molecule has 8 heteroatoms. The highest BCUT2D eigenvalue weighted by Gasteiger charge is 2.26. The Morgan fingerprint density at radius 2 is 2.04 bits per heavy atom. The second-order valence-corrected chi connectivity index (χ2v) is 6.19. The van der Waals surface area contributed by atoms with E-state index in [1.807, 2.05) is 6.07 Å². The Hall–Kier alpha value is -2.92. The third kappa shape index (κ3) is 3.32. The predicted octanol–water partition coefficient (Wildman–Crippen LogP) is 1.58. The van der Waals surface area contributed by atoms with Gasteiger partial charge in [0, 0.05) is 11.0 Å². The maximum absolute atomic E-state index is 12.5. The van der Waals surface area contributed by atoms with Crippen molar-refractivity contribution < 1.29 is 14.3 Å². The first-order chi connectivity index (χ1) is 12.0. The molecule has 126 valence electrons. The van der Waals surface area contributed by atoms with Gasteiger partial charge in [-0.15, -0.1) is 0 Å². The van der Waals surface area contributed by atoms with Gasteiger partial charge in [-0.25, -0.2) is 4.79 Å². The molecule has 25 heavy (non-hydrogen) atoms. The summed E-state index contributed by atoms with van der Waals surface area (Å²) in [5.74, 6) is -1.14. The number of hydrogen-bond donors (Lipinski definition) is 1. The number of carbonyl (C=O) groups excluding carboxylic acids is 2. The van der Waals surface area contributed by atoms with Crippen molar-refractivity contribution in [2.75, 3.05) is 6.61 Å². The Balaban J connectivity index is 1.83. The normalized spacial score (nSPS) is 12.7. The van der Waals surface area contributed by atoms with Crippen LogP contribution in [0, 0.1) is 11.3 Å². The lowest BCUT2D eigenvalue weighted by Gasteiger charge is -2.19. The third-order valence-corrected chi connectivity index (χ3v) is 4.37. The molecule has 2 heterocycles. The Morgan fingerprint density at radius 3 is 2.72 bits per heavy atom. The fourth-order valence-corrected chi connectivity index (χ4v) is 3.09. The third-order valence-electron chi connectivity index (χ3n) is 3.76. The van der Waals surface area contributed by atoms with Crippen molar-refractivity contribution in [3.63, 3.8) is 0 Å². The van der Waals surface area contributed by atoms with Crippen LogP contribution in [-0.4, -0.2) is 23.1 Å². The smallest absolute Gasteiger partial charge is 0.356 e. The van der Waals surface area contributed by atoms with Gasteiger partial charge < -0.3 is 10.1 Å². The van der Waals surface area contributed by atoms with Gasteiger partial charge in [-0.05, 0) is 39.7 Å². The maximum atomic E-state index is 12.5. The van der Waals surface area contributed by atoms with Crippen molar-refractivity contribution in [3.05, 3.63) is 67.5 Å². The summed E-state index contributed by atoms with van der Waals surface area (Å²) in [7, 11) is 0. The zero-order valence-corrected chi connectivity index (χ0v) is 14.5. The molecule has 1 amide bonds. The van der Waals surface area contributed by atoms with Gasteiger partial charge in [-0.2, -0.15) is 5.26 Å². The molecule has 0 saturated carbocycles. The summed E-state index contributed by atoms with van der Waals surface area (Å²) >= 11 is 3.22. The lowest BCUT2D eigenvalue weighted by atomic mass is 10.1. The molecule has 0 unspecified atom stereocenters. The fraction of sp³-hybridized carbons (Fsp3) is 0.176. The van der Waals surface area contributed by atoms with Crippen LogP contribution in [-0.2, 0) is 17.8 Å². The summed E-state index contributed by atoms with van der Waals surface area (Å²) in [5, 5.41) is 11.4. The van der Waals surface area contributed by atoms with E-state index in [1.165, 1.54) is 10.6 Å². The zero-order valence-electron chi connectivity index (χ0n) is 12.9. The quantitative estimate of drug-likeness (QED) is 0.786. The van der Waals surface area contributed by atoms with Crippen molar-refractivity contribution in [1.82, 2.24) is 9.88 Å². The van der Waals surface area contributed by atoms with E-state index in [0.717, 1.165) is 5.56 Å². The first-order valence-electron chi connectivity index (χ1n) is 7.39. The summed E-state index contributed by atoms with van der Waals surface area (Å²) in [6.45, 7) is 0.509. The molecular formula is C17H12BrN3O4. The molecular weight excluding hydrogens is 390 g/mol. The average molecular weight is 402 g/mol. The highest BCUT2D eigenvalue weighted by Crippen LogP contribution is 2.20. The summed E-state index contributed by atoms with van der Waals surface area (Å²) in [4.78, 5) is 36.6. The lowest BCUT2D eigenvalue weighted by Crippen LogP contribution is -2.39.